The minimum Gasteiger partial charge on any atom is -0.395 e. The van der Waals surface area contributed by atoms with E-state index in [1.54, 1.807) is 0 Å². The predicted molar refractivity (Wildman–Crippen MR) is 118 cm³/mol. The first-order chi connectivity index (χ1) is 14.7. The highest BCUT2D eigenvalue weighted by Crippen LogP contribution is 2.67. The molecule has 0 spiro atoms. The molecule has 5 rings (SSSR count). The number of aliphatic hydroxyl groups excluding tert-OH is 2. The number of carbonyl (C=O) groups is 1. The number of aliphatic hydroxyl groups is 2. The first-order valence-corrected chi connectivity index (χ1v) is 12.4. The van der Waals surface area contributed by atoms with Crippen LogP contribution in [-0.4, -0.2) is 47.9 Å². The molecule has 0 aromatic heterocycles. The fourth-order valence-electron chi connectivity index (χ4n) is 8.66. The molecule has 9 atom stereocenters. The number of rotatable bonds is 4. The monoisotopic (exact) mass is 432 g/mol. The Labute approximate surface area is 186 Å². The van der Waals surface area contributed by atoms with Crippen LogP contribution in [0.5, 0.6) is 0 Å². The second kappa shape index (κ2) is 7.54. The summed E-state index contributed by atoms with van der Waals surface area (Å²) in [4.78, 5) is 18.7. The van der Waals surface area contributed by atoms with Gasteiger partial charge in [0.15, 0.2) is 0 Å². The molecular formula is C25H40N2O4. The van der Waals surface area contributed by atoms with Crippen molar-refractivity contribution in [1.82, 2.24) is 10.8 Å². The van der Waals surface area contributed by atoms with Gasteiger partial charge < -0.3 is 15.5 Å². The van der Waals surface area contributed by atoms with Crippen LogP contribution in [0.15, 0.2) is 11.8 Å². The fourth-order valence-corrected chi connectivity index (χ4v) is 8.66. The Balaban J connectivity index is 1.44. The minimum atomic E-state index is -0.574. The van der Waals surface area contributed by atoms with Gasteiger partial charge in [0.2, 0.25) is 0 Å². The summed E-state index contributed by atoms with van der Waals surface area (Å²) in [7, 11) is 0. The molecule has 0 amide bonds. The smallest absolute Gasteiger partial charge is 0.139 e. The molecule has 4 N–H and O–H groups in total. The van der Waals surface area contributed by atoms with Gasteiger partial charge in [-0.25, -0.2) is 0 Å². The van der Waals surface area contributed by atoms with Crippen LogP contribution in [0.1, 0.15) is 65.7 Å². The van der Waals surface area contributed by atoms with E-state index >= 15 is 0 Å². The maximum absolute atomic E-state index is 12.7. The van der Waals surface area contributed by atoms with E-state index in [1.807, 2.05) is 0 Å². The Morgan fingerprint density at radius 1 is 1.23 bits per heavy atom. The van der Waals surface area contributed by atoms with Crippen molar-refractivity contribution >= 4 is 5.78 Å². The molecule has 0 bridgehead atoms. The van der Waals surface area contributed by atoms with Crippen molar-refractivity contribution in [1.29, 1.82) is 0 Å². The summed E-state index contributed by atoms with van der Waals surface area (Å²) >= 11 is 0. The minimum absolute atomic E-state index is 0.0214. The summed E-state index contributed by atoms with van der Waals surface area (Å²) in [5.41, 5.74) is 3.26. The van der Waals surface area contributed by atoms with Gasteiger partial charge in [0.25, 0.3) is 0 Å². The lowest BCUT2D eigenvalue weighted by molar-refractivity contribution is -0.184. The van der Waals surface area contributed by atoms with Gasteiger partial charge in [0.1, 0.15) is 5.78 Å². The summed E-state index contributed by atoms with van der Waals surface area (Å²) in [5, 5.41) is 25.5. The molecule has 1 saturated heterocycles. The summed E-state index contributed by atoms with van der Waals surface area (Å²) < 4.78 is 0. The Hall–Kier alpha value is -0.950. The molecule has 0 aromatic carbocycles. The largest absolute Gasteiger partial charge is 0.395 e. The highest BCUT2D eigenvalue weighted by molar-refractivity contribution is 5.87. The molecule has 0 aromatic rings. The molecule has 2 unspecified atom stereocenters. The molecule has 6 nitrogen and oxygen atoms in total. The van der Waals surface area contributed by atoms with E-state index in [-0.39, 0.29) is 29.5 Å². The first-order valence-electron chi connectivity index (χ1n) is 12.4. The van der Waals surface area contributed by atoms with E-state index in [0.717, 1.165) is 57.3 Å². The van der Waals surface area contributed by atoms with Crippen molar-refractivity contribution < 1.29 is 19.8 Å². The molecule has 4 aliphatic carbocycles. The molecule has 4 fully saturated rings. The normalized spacial score (nSPS) is 51.6. The summed E-state index contributed by atoms with van der Waals surface area (Å²) in [6, 6.07) is 0. The van der Waals surface area contributed by atoms with E-state index in [9.17, 15) is 15.0 Å². The zero-order valence-electron chi connectivity index (χ0n) is 19.3. The third-order valence-corrected chi connectivity index (χ3v) is 10.3. The molecule has 31 heavy (non-hydrogen) atoms. The van der Waals surface area contributed by atoms with Crippen LogP contribution in [0.3, 0.4) is 0 Å². The summed E-state index contributed by atoms with van der Waals surface area (Å²) in [6.45, 7) is 8.38. The van der Waals surface area contributed by atoms with Gasteiger partial charge in [-0.15, -0.1) is 0 Å². The van der Waals surface area contributed by atoms with Crippen molar-refractivity contribution in [2.75, 3.05) is 19.7 Å². The average molecular weight is 433 g/mol. The van der Waals surface area contributed by atoms with Gasteiger partial charge >= 0.3 is 0 Å². The predicted octanol–water partition coefficient (Wildman–Crippen LogP) is 2.55. The van der Waals surface area contributed by atoms with Gasteiger partial charge in [-0.2, -0.15) is 0 Å². The number of ketones is 1. The number of nitrogens with one attached hydrogen (secondary N) is 2. The molecule has 1 heterocycles. The lowest BCUT2D eigenvalue weighted by Crippen LogP contribution is -2.63. The number of hydrogen-bond donors (Lipinski definition) is 4. The Bertz CT molecular complexity index is 765. The molecule has 0 radical (unpaired) electrons. The van der Waals surface area contributed by atoms with E-state index in [2.05, 4.69) is 37.6 Å². The van der Waals surface area contributed by atoms with E-state index in [0.29, 0.717) is 30.0 Å². The SMILES string of the molecule is CC1(CO)C(NO[C@@H]2CCNC2)=CC[C@@]2(C)C1[C@@H](O)C[C@@H]1[C@@H]2CC[C@]2(C)C(=O)CC[C@@H]12. The third-order valence-electron chi connectivity index (χ3n) is 10.3. The summed E-state index contributed by atoms with van der Waals surface area (Å²) in [5.74, 6) is 1.67. The fraction of sp³-hybridized carbons (Fsp3) is 0.880. The van der Waals surface area contributed by atoms with Crippen molar-refractivity contribution in [2.45, 2.75) is 77.9 Å². The number of carbonyl (C=O) groups excluding carboxylic acids is 1. The standard InChI is InChI=1S/C25H40N2O4/c1-23-9-6-18-16(17(23)4-5-21(23)30)12-19(29)22-24(18,2)10-7-20(25(22,3)14-28)27-31-15-8-11-26-13-15/h7,15-19,22,26-29H,4-6,8-14H2,1-3H3/t15-,16+,17+,18+,19+,22?,23+,24-,25?/m1/s1. The maximum Gasteiger partial charge on any atom is 0.139 e. The molecular weight excluding hydrogens is 392 g/mol. The van der Waals surface area contributed by atoms with Crippen LogP contribution in [0.25, 0.3) is 0 Å². The van der Waals surface area contributed by atoms with Crippen molar-refractivity contribution in [3.63, 3.8) is 0 Å². The molecule has 5 aliphatic rings. The van der Waals surface area contributed by atoms with Gasteiger partial charge in [-0.1, -0.05) is 26.8 Å². The molecule has 3 saturated carbocycles. The van der Waals surface area contributed by atoms with Crippen LogP contribution in [0, 0.1) is 39.9 Å². The highest BCUT2D eigenvalue weighted by Gasteiger charge is 2.65. The van der Waals surface area contributed by atoms with E-state index in [1.165, 1.54) is 0 Å². The lowest BCUT2D eigenvalue weighted by Gasteiger charge is -2.64. The Morgan fingerprint density at radius 3 is 2.74 bits per heavy atom. The van der Waals surface area contributed by atoms with Crippen LogP contribution < -0.4 is 10.8 Å². The molecule has 6 heteroatoms. The Kier molecular flexibility index (Phi) is 5.32. The lowest BCUT2D eigenvalue weighted by atomic mass is 9.41. The number of allylic oxidation sites excluding steroid dienone is 1. The topological polar surface area (TPSA) is 90.8 Å². The van der Waals surface area contributed by atoms with Crippen LogP contribution in [0.2, 0.25) is 0 Å². The van der Waals surface area contributed by atoms with Gasteiger partial charge in [-0.05, 0) is 68.2 Å². The first kappa shape index (κ1) is 21.9. The average Bonchev–Trinajstić information content (AvgIpc) is 3.35. The van der Waals surface area contributed by atoms with Crippen LogP contribution in [-0.2, 0) is 9.63 Å². The van der Waals surface area contributed by atoms with Gasteiger partial charge in [-0.3, -0.25) is 15.1 Å². The van der Waals surface area contributed by atoms with Crippen molar-refractivity contribution in [3.8, 4) is 0 Å². The number of fused-ring (bicyclic) bond motifs is 5. The van der Waals surface area contributed by atoms with Crippen molar-refractivity contribution in [3.05, 3.63) is 11.8 Å². The quantitative estimate of drug-likeness (QED) is 0.511. The van der Waals surface area contributed by atoms with E-state index < -0.39 is 11.5 Å². The second-order valence-electron chi connectivity index (χ2n) is 11.8. The number of hydrogen-bond acceptors (Lipinski definition) is 6. The third kappa shape index (κ3) is 3.08. The van der Waals surface area contributed by atoms with Crippen LogP contribution in [0.4, 0.5) is 0 Å². The van der Waals surface area contributed by atoms with Gasteiger partial charge in [0, 0.05) is 35.4 Å². The number of Topliss-reactive ketones (excluding diaryl/α,β-unsaturated/α-hetero) is 1. The zero-order chi connectivity index (χ0) is 22.0. The molecule has 174 valence electrons. The van der Waals surface area contributed by atoms with Crippen molar-refractivity contribution in [2.24, 2.45) is 39.9 Å². The molecule has 1 aliphatic heterocycles. The Morgan fingerprint density at radius 2 is 2.03 bits per heavy atom. The zero-order valence-corrected chi connectivity index (χ0v) is 19.3. The van der Waals surface area contributed by atoms with Crippen LogP contribution >= 0.6 is 0 Å². The number of hydroxylamine groups is 1. The summed E-state index contributed by atoms with van der Waals surface area (Å²) in [6.07, 6.45) is 8.16. The van der Waals surface area contributed by atoms with Gasteiger partial charge in [0.05, 0.1) is 18.8 Å². The maximum atomic E-state index is 12.7. The highest BCUT2D eigenvalue weighted by atomic mass is 16.7. The van der Waals surface area contributed by atoms with E-state index in [4.69, 9.17) is 4.84 Å². The second-order valence-corrected chi connectivity index (χ2v) is 11.8.